The first kappa shape index (κ1) is 21.7. The first-order valence-electron chi connectivity index (χ1n) is 10.1. The molecule has 29 heavy (non-hydrogen) atoms. The molecule has 0 spiro atoms. The Balaban J connectivity index is 1.62. The third-order valence-electron chi connectivity index (χ3n) is 5.06. The summed E-state index contributed by atoms with van der Waals surface area (Å²) in [6, 6.07) is 4.76. The smallest absolute Gasteiger partial charge is 0.414 e. The van der Waals surface area contributed by atoms with Crippen LogP contribution in [0.4, 0.5) is 20.6 Å². The van der Waals surface area contributed by atoms with Gasteiger partial charge in [-0.3, -0.25) is 9.69 Å². The van der Waals surface area contributed by atoms with E-state index < -0.39 is 29.2 Å². The topological polar surface area (TPSA) is 84.9 Å². The standard InChI is InChI=1S/C20H28FN3O4S/c1-2-5-19(25)22-13-16-14-24(20(26)28-16)15-6-7-18(17(21)12-15)23-8-3-10-29(27)11-4-9-23/h6-7,12,16H,2-5,8-11,13-14H2,1H3,(H,22,25)/t16-/m0/s1. The van der Waals surface area contributed by atoms with Crippen LogP contribution in [0.25, 0.3) is 0 Å². The highest BCUT2D eigenvalue weighted by Gasteiger charge is 2.33. The van der Waals surface area contributed by atoms with Crippen LogP contribution in [0.3, 0.4) is 0 Å². The molecule has 2 aliphatic heterocycles. The molecule has 3 rings (SSSR count). The molecular weight excluding hydrogens is 397 g/mol. The van der Waals surface area contributed by atoms with Gasteiger partial charge < -0.3 is 19.5 Å². The number of carbonyl (C=O) groups is 2. The van der Waals surface area contributed by atoms with Crippen molar-refractivity contribution in [1.82, 2.24) is 5.32 Å². The van der Waals surface area contributed by atoms with E-state index in [0.717, 1.165) is 19.3 Å². The molecule has 2 saturated heterocycles. The van der Waals surface area contributed by atoms with Crippen LogP contribution in [0.15, 0.2) is 18.2 Å². The molecule has 1 atom stereocenters. The molecule has 9 heteroatoms. The average molecular weight is 426 g/mol. The highest BCUT2D eigenvalue weighted by atomic mass is 32.2. The van der Waals surface area contributed by atoms with Crippen molar-refractivity contribution >= 4 is 34.6 Å². The number of ether oxygens (including phenoxy) is 1. The number of benzene rings is 1. The number of nitrogens with zero attached hydrogens (tertiary/aromatic N) is 2. The lowest BCUT2D eigenvalue weighted by atomic mass is 10.2. The van der Waals surface area contributed by atoms with E-state index in [1.165, 1.54) is 11.0 Å². The summed E-state index contributed by atoms with van der Waals surface area (Å²) in [5, 5.41) is 2.75. The Morgan fingerprint density at radius 2 is 2.07 bits per heavy atom. The fraction of sp³-hybridized carbons (Fsp3) is 0.600. The molecule has 1 N–H and O–H groups in total. The Morgan fingerprint density at radius 1 is 1.34 bits per heavy atom. The number of halogens is 1. The van der Waals surface area contributed by atoms with E-state index >= 15 is 0 Å². The van der Waals surface area contributed by atoms with Gasteiger partial charge in [-0.2, -0.15) is 0 Å². The van der Waals surface area contributed by atoms with Gasteiger partial charge in [-0.05, 0) is 24.6 Å². The second-order valence-electron chi connectivity index (χ2n) is 7.35. The second kappa shape index (κ2) is 10.2. The molecular formula is C20H28FN3O4S. The highest BCUT2D eigenvalue weighted by molar-refractivity contribution is 7.91. The number of cyclic esters (lactones) is 1. The van der Waals surface area contributed by atoms with Crippen LogP contribution in [-0.4, -0.2) is 60.3 Å². The van der Waals surface area contributed by atoms with Gasteiger partial charge in [0.1, 0.15) is 23.4 Å². The maximum Gasteiger partial charge on any atom is 0.414 e. The molecule has 2 aliphatic rings. The zero-order valence-electron chi connectivity index (χ0n) is 16.7. The summed E-state index contributed by atoms with van der Waals surface area (Å²) < 4.78 is 31.8. The van der Waals surface area contributed by atoms with Crippen LogP contribution in [0.2, 0.25) is 0 Å². The fourth-order valence-electron chi connectivity index (χ4n) is 3.59. The van der Waals surface area contributed by atoms with Gasteiger partial charge in [-0.15, -0.1) is 0 Å². The van der Waals surface area contributed by atoms with E-state index in [1.54, 1.807) is 12.1 Å². The lowest BCUT2D eigenvalue weighted by Gasteiger charge is -2.28. The van der Waals surface area contributed by atoms with Crippen LogP contribution in [0.1, 0.15) is 32.6 Å². The van der Waals surface area contributed by atoms with Crippen LogP contribution in [0, 0.1) is 5.82 Å². The van der Waals surface area contributed by atoms with E-state index in [2.05, 4.69) is 5.32 Å². The third-order valence-corrected chi connectivity index (χ3v) is 6.55. The first-order chi connectivity index (χ1) is 14.0. The lowest BCUT2D eigenvalue weighted by molar-refractivity contribution is -0.121. The van der Waals surface area contributed by atoms with Crippen molar-refractivity contribution in [3.63, 3.8) is 0 Å². The van der Waals surface area contributed by atoms with Crippen LogP contribution in [0.5, 0.6) is 0 Å². The molecule has 1 aromatic rings. The number of anilines is 2. The summed E-state index contributed by atoms with van der Waals surface area (Å²) in [5.74, 6) is 0.823. The van der Waals surface area contributed by atoms with Crippen molar-refractivity contribution in [3.8, 4) is 0 Å². The number of carbonyl (C=O) groups excluding carboxylic acids is 2. The molecule has 0 saturated carbocycles. The summed E-state index contributed by atoms with van der Waals surface area (Å²) in [7, 11) is 0. The van der Waals surface area contributed by atoms with Crippen molar-refractivity contribution in [2.75, 3.05) is 47.5 Å². The molecule has 1 aromatic carbocycles. The summed E-state index contributed by atoms with van der Waals surface area (Å²) in [6.07, 6.45) is 1.71. The maximum absolute atomic E-state index is 14.8. The zero-order valence-corrected chi connectivity index (χ0v) is 17.5. The van der Waals surface area contributed by atoms with Gasteiger partial charge in [0.25, 0.3) is 0 Å². The molecule has 7 nitrogen and oxygen atoms in total. The Kier molecular flexibility index (Phi) is 7.60. The molecule has 0 unspecified atom stereocenters. The van der Waals surface area contributed by atoms with Crippen LogP contribution < -0.4 is 15.1 Å². The highest BCUT2D eigenvalue weighted by Crippen LogP contribution is 2.28. The van der Waals surface area contributed by atoms with Gasteiger partial charge in [-0.25, -0.2) is 9.18 Å². The molecule has 0 bridgehead atoms. The summed E-state index contributed by atoms with van der Waals surface area (Å²) in [5.41, 5.74) is 0.934. The average Bonchev–Trinajstić information content (AvgIpc) is 3.04. The molecule has 0 aliphatic carbocycles. The first-order valence-corrected chi connectivity index (χ1v) is 11.6. The van der Waals surface area contributed by atoms with E-state index in [1.807, 2.05) is 11.8 Å². The zero-order chi connectivity index (χ0) is 20.8. The number of hydrogen-bond donors (Lipinski definition) is 1. The van der Waals surface area contributed by atoms with Crippen LogP contribution >= 0.6 is 0 Å². The van der Waals surface area contributed by atoms with E-state index in [9.17, 15) is 18.5 Å². The number of nitrogens with one attached hydrogen (secondary N) is 1. The summed E-state index contributed by atoms with van der Waals surface area (Å²) in [4.78, 5) is 27.2. The van der Waals surface area contributed by atoms with Crippen molar-refractivity contribution in [2.24, 2.45) is 0 Å². The van der Waals surface area contributed by atoms with Gasteiger partial charge in [0.05, 0.1) is 24.5 Å². The quantitative estimate of drug-likeness (QED) is 0.708. The lowest BCUT2D eigenvalue weighted by Crippen LogP contribution is -2.34. The molecule has 0 radical (unpaired) electrons. The minimum atomic E-state index is -0.769. The molecule has 2 amide bonds. The van der Waals surface area contributed by atoms with Gasteiger partial charge >= 0.3 is 6.09 Å². The molecule has 160 valence electrons. The molecule has 0 aromatic heterocycles. The normalized spacial score (nSPS) is 20.9. The number of amides is 2. The second-order valence-corrected chi connectivity index (χ2v) is 9.04. The van der Waals surface area contributed by atoms with Gasteiger partial charge in [0.15, 0.2) is 0 Å². The van der Waals surface area contributed by atoms with Gasteiger partial charge in [0, 0.05) is 32.4 Å². The molecule has 2 fully saturated rings. The monoisotopic (exact) mass is 425 g/mol. The number of hydrogen-bond acceptors (Lipinski definition) is 5. The van der Waals surface area contributed by atoms with Crippen molar-refractivity contribution < 1.29 is 23.3 Å². The van der Waals surface area contributed by atoms with E-state index in [0.29, 0.717) is 42.4 Å². The summed E-state index contributed by atoms with van der Waals surface area (Å²) in [6.45, 7) is 3.75. The predicted molar refractivity (Wildman–Crippen MR) is 111 cm³/mol. The van der Waals surface area contributed by atoms with Gasteiger partial charge in [0.2, 0.25) is 5.91 Å². The van der Waals surface area contributed by atoms with Crippen LogP contribution in [-0.2, 0) is 20.7 Å². The number of rotatable bonds is 6. The predicted octanol–water partition coefficient (Wildman–Crippen LogP) is 2.42. The SMILES string of the molecule is CCCC(=O)NC[C@H]1CN(c2ccc(N3CCC[S+]([O-])CCC3)c(F)c2)C(=O)O1. The van der Waals surface area contributed by atoms with Crippen molar-refractivity contribution in [1.29, 1.82) is 0 Å². The fourth-order valence-corrected chi connectivity index (χ4v) is 4.70. The summed E-state index contributed by atoms with van der Waals surface area (Å²) >= 11 is -0.769. The van der Waals surface area contributed by atoms with Crippen molar-refractivity contribution in [3.05, 3.63) is 24.0 Å². The van der Waals surface area contributed by atoms with E-state index in [4.69, 9.17) is 4.74 Å². The maximum atomic E-state index is 14.8. The Bertz CT molecular complexity index is 726. The largest absolute Gasteiger partial charge is 0.616 e. The van der Waals surface area contributed by atoms with Gasteiger partial charge in [-0.1, -0.05) is 18.1 Å². The minimum Gasteiger partial charge on any atom is -0.616 e. The Labute approximate surface area is 173 Å². The van der Waals surface area contributed by atoms with E-state index in [-0.39, 0.29) is 19.0 Å². The third kappa shape index (κ3) is 5.76. The molecule has 2 heterocycles. The Hall–Kier alpha value is -2.00. The van der Waals surface area contributed by atoms with Crippen molar-refractivity contribution in [2.45, 2.75) is 38.7 Å². The minimum absolute atomic E-state index is 0.0746. The Morgan fingerprint density at radius 3 is 2.72 bits per heavy atom.